The highest BCUT2D eigenvalue weighted by Crippen LogP contribution is 2.21. The van der Waals surface area contributed by atoms with Crippen molar-refractivity contribution in [2.45, 2.75) is 38.4 Å². The third-order valence-corrected chi connectivity index (χ3v) is 3.12. The van der Waals surface area contributed by atoms with E-state index in [1.54, 1.807) is 5.06 Å². The minimum Gasteiger partial charge on any atom is -0.367 e. The zero-order valence-electron chi connectivity index (χ0n) is 9.05. The van der Waals surface area contributed by atoms with E-state index < -0.39 is 5.41 Å². The molecule has 82 valence electrons. The highest BCUT2D eigenvalue weighted by atomic mass is 79.9. The van der Waals surface area contributed by atoms with Gasteiger partial charge in [0, 0.05) is 17.9 Å². The largest absolute Gasteiger partial charge is 0.367 e. The first kappa shape index (κ1) is 12.0. The predicted octanol–water partition coefficient (Wildman–Crippen LogP) is 2.35. The Kier molecular flexibility index (Phi) is 3.95. The van der Waals surface area contributed by atoms with Crippen molar-refractivity contribution in [2.24, 2.45) is 5.41 Å². The van der Waals surface area contributed by atoms with Crippen molar-refractivity contribution < 1.29 is 9.63 Å². The first-order chi connectivity index (χ1) is 6.39. The van der Waals surface area contributed by atoms with Crippen LogP contribution in [0, 0.1) is 5.41 Å². The van der Waals surface area contributed by atoms with Crippen LogP contribution in [0.3, 0.4) is 0 Å². The third kappa shape index (κ3) is 3.58. The summed E-state index contributed by atoms with van der Waals surface area (Å²) in [7, 11) is 0. The molecule has 3 nitrogen and oxygen atoms in total. The Morgan fingerprint density at radius 3 is 2.29 bits per heavy atom. The molecular formula is C10H18BrNO2. The fourth-order valence-corrected chi connectivity index (χ4v) is 1.58. The van der Waals surface area contributed by atoms with E-state index in [9.17, 15) is 4.79 Å². The molecule has 4 heteroatoms. The van der Waals surface area contributed by atoms with Crippen LogP contribution in [0.1, 0.15) is 33.6 Å². The van der Waals surface area contributed by atoms with Crippen LogP contribution < -0.4 is 0 Å². The van der Waals surface area contributed by atoms with Gasteiger partial charge in [-0.3, -0.25) is 0 Å². The lowest BCUT2D eigenvalue weighted by molar-refractivity contribution is -0.203. The van der Waals surface area contributed by atoms with Gasteiger partial charge in [0.15, 0.2) is 0 Å². The Hall–Kier alpha value is -0.0900. The average molecular weight is 264 g/mol. The van der Waals surface area contributed by atoms with Crippen molar-refractivity contribution in [3.8, 4) is 0 Å². The number of rotatable bonds is 1. The molecule has 0 bridgehead atoms. The Morgan fingerprint density at radius 2 is 1.86 bits per heavy atom. The zero-order valence-corrected chi connectivity index (χ0v) is 10.6. The summed E-state index contributed by atoms with van der Waals surface area (Å²) < 4.78 is 0. The number of halogens is 1. The van der Waals surface area contributed by atoms with Gasteiger partial charge in [0.05, 0.1) is 5.41 Å². The van der Waals surface area contributed by atoms with Crippen molar-refractivity contribution in [1.82, 2.24) is 5.06 Å². The summed E-state index contributed by atoms with van der Waals surface area (Å²) in [5.41, 5.74) is -0.411. The molecule has 0 amide bonds. The molecule has 0 atom stereocenters. The van der Waals surface area contributed by atoms with Gasteiger partial charge in [-0.2, -0.15) is 0 Å². The second-order valence-electron chi connectivity index (χ2n) is 4.73. The van der Waals surface area contributed by atoms with E-state index in [0.717, 1.165) is 25.9 Å². The lowest BCUT2D eigenvalue weighted by Crippen LogP contribution is -2.38. The van der Waals surface area contributed by atoms with E-state index >= 15 is 0 Å². The van der Waals surface area contributed by atoms with E-state index in [4.69, 9.17) is 4.84 Å². The molecule has 0 aromatic heterocycles. The van der Waals surface area contributed by atoms with Crippen LogP contribution in [0.2, 0.25) is 0 Å². The number of carbonyl (C=O) groups excluding carboxylic acids is 1. The van der Waals surface area contributed by atoms with Gasteiger partial charge < -0.3 is 4.84 Å². The summed E-state index contributed by atoms with van der Waals surface area (Å²) in [5, 5.41) is 1.77. The van der Waals surface area contributed by atoms with Gasteiger partial charge >= 0.3 is 5.97 Å². The fourth-order valence-electron chi connectivity index (χ4n) is 1.17. The summed E-state index contributed by atoms with van der Waals surface area (Å²) >= 11 is 3.55. The highest BCUT2D eigenvalue weighted by molar-refractivity contribution is 9.09. The molecule has 0 aromatic rings. The fraction of sp³-hybridized carbons (Fsp3) is 0.900. The Morgan fingerprint density at radius 1 is 1.36 bits per heavy atom. The van der Waals surface area contributed by atoms with E-state index in [1.165, 1.54) is 0 Å². The lowest BCUT2D eigenvalue weighted by Gasteiger charge is -2.30. The molecule has 0 unspecified atom stereocenters. The van der Waals surface area contributed by atoms with Crippen molar-refractivity contribution in [1.29, 1.82) is 0 Å². The molecule has 14 heavy (non-hydrogen) atoms. The van der Waals surface area contributed by atoms with E-state index in [0.29, 0.717) is 4.83 Å². The number of hydrogen-bond donors (Lipinski definition) is 0. The number of alkyl halides is 1. The van der Waals surface area contributed by atoms with Crippen molar-refractivity contribution in [3.05, 3.63) is 0 Å². The second-order valence-corrected chi connectivity index (χ2v) is 6.03. The molecule has 0 spiro atoms. The van der Waals surface area contributed by atoms with Crippen molar-refractivity contribution in [2.75, 3.05) is 13.1 Å². The molecule has 1 fully saturated rings. The van der Waals surface area contributed by atoms with Gasteiger partial charge in [-0.05, 0) is 33.6 Å². The Balaban J connectivity index is 2.35. The minimum atomic E-state index is -0.411. The quantitative estimate of drug-likeness (QED) is 0.681. The average Bonchev–Trinajstić information content (AvgIpc) is 2.07. The normalized spacial score (nSPS) is 20.9. The monoisotopic (exact) mass is 263 g/mol. The van der Waals surface area contributed by atoms with Gasteiger partial charge in [0.25, 0.3) is 0 Å². The van der Waals surface area contributed by atoms with Crippen LogP contribution in [-0.2, 0) is 9.63 Å². The zero-order chi connectivity index (χ0) is 10.8. The van der Waals surface area contributed by atoms with E-state index in [1.807, 2.05) is 20.8 Å². The van der Waals surface area contributed by atoms with Crippen LogP contribution in [0.4, 0.5) is 0 Å². The van der Waals surface area contributed by atoms with Gasteiger partial charge in [0.2, 0.25) is 0 Å². The van der Waals surface area contributed by atoms with Crippen LogP contribution in [0.25, 0.3) is 0 Å². The SMILES string of the molecule is CC(C)(C)C(=O)ON1CCC(Br)CC1. The highest BCUT2D eigenvalue weighted by Gasteiger charge is 2.27. The molecule has 0 aromatic carbocycles. The number of carbonyl (C=O) groups is 1. The van der Waals surface area contributed by atoms with E-state index in [2.05, 4.69) is 15.9 Å². The first-order valence-corrected chi connectivity index (χ1v) is 5.92. The summed E-state index contributed by atoms with van der Waals surface area (Å²) in [6.45, 7) is 7.27. The topological polar surface area (TPSA) is 29.5 Å². The van der Waals surface area contributed by atoms with E-state index in [-0.39, 0.29) is 5.97 Å². The second kappa shape index (κ2) is 4.62. The summed E-state index contributed by atoms with van der Waals surface area (Å²) in [6.07, 6.45) is 2.08. The van der Waals surface area contributed by atoms with Crippen LogP contribution in [-0.4, -0.2) is 28.9 Å². The molecule has 1 saturated heterocycles. The number of piperidine rings is 1. The standard InChI is InChI=1S/C10H18BrNO2/c1-10(2,3)9(13)14-12-6-4-8(11)5-7-12/h8H,4-7H2,1-3H3. The van der Waals surface area contributed by atoms with Gasteiger partial charge in [-0.15, -0.1) is 5.06 Å². The third-order valence-electron chi connectivity index (χ3n) is 2.21. The number of hydrogen-bond acceptors (Lipinski definition) is 3. The lowest BCUT2D eigenvalue weighted by atomic mass is 9.98. The Labute approximate surface area is 93.9 Å². The minimum absolute atomic E-state index is 0.148. The molecule has 1 aliphatic heterocycles. The maximum Gasteiger partial charge on any atom is 0.330 e. The van der Waals surface area contributed by atoms with Gasteiger partial charge in [-0.25, -0.2) is 4.79 Å². The predicted molar refractivity (Wildman–Crippen MR) is 59.1 cm³/mol. The number of hydroxylamine groups is 2. The van der Waals surface area contributed by atoms with Crippen molar-refractivity contribution >= 4 is 21.9 Å². The maximum atomic E-state index is 11.5. The molecular weight excluding hydrogens is 246 g/mol. The van der Waals surface area contributed by atoms with Gasteiger partial charge in [0.1, 0.15) is 0 Å². The smallest absolute Gasteiger partial charge is 0.330 e. The maximum absolute atomic E-state index is 11.5. The summed E-state index contributed by atoms with van der Waals surface area (Å²) in [6, 6.07) is 0. The molecule has 0 aliphatic carbocycles. The van der Waals surface area contributed by atoms with Crippen LogP contribution in [0.5, 0.6) is 0 Å². The molecule has 1 heterocycles. The molecule has 0 saturated carbocycles. The van der Waals surface area contributed by atoms with Crippen LogP contribution >= 0.6 is 15.9 Å². The Bertz CT molecular complexity index is 205. The molecule has 0 radical (unpaired) electrons. The molecule has 0 N–H and O–H groups in total. The van der Waals surface area contributed by atoms with Crippen LogP contribution in [0.15, 0.2) is 0 Å². The number of nitrogens with zero attached hydrogens (tertiary/aromatic N) is 1. The summed E-state index contributed by atoms with van der Waals surface area (Å²) in [4.78, 5) is 17.4. The van der Waals surface area contributed by atoms with Gasteiger partial charge in [-0.1, -0.05) is 15.9 Å². The van der Waals surface area contributed by atoms with Crippen molar-refractivity contribution in [3.63, 3.8) is 0 Å². The molecule has 1 aliphatic rings. The molecule has 1 rings (SSSR count). The first-order valence-electron chi connectivity index (χ1n) is 5.01. The summed E-state index contributed by atoms with van der Waals surface area (Å²) in [5.74, 6) is -0.148.